The lowest BCUT2D eigenvalue weighted by Gasteiger charge is -2.09. The van der Waals surface area contributed by atoms with Crippen molar-refractivity contribution in [3.63, 3.8) is 0 Å². The molecule has 5 heteroatoms. The van der Waals surface area contributed by atoms with Crippen molar-refractivity contribution in [1.29, 1.82) is 0 Å². The smallest absolute Gasteiger partial charge is 0.126 e. The lowest BCUT2D eigenvalue weighted by Crippen LogP contribution is -2.13. The second kappa shape index (κ2) is 5.46. The molecule has 106 valence electrons. The Bertz CT molecular complexity index is 752. The number of hydrogen-bond donors (Lipinski definition) is 1. The van der Waals surface area contributed by atoms with Gasteiger partial charge in [-0.1, -0.05) is 30.3 Å². The number of aryl methyl sites for hydroxylation is 1. The van der Waals surface area contributed by atoms with E-state index in [-0.39, 0.29) is 5.82 Å². The number of nitrogens with zero attached hydrogens (tertiary/aromatic N) is 3. The summed E-state index contributed by atoms with van der Waals surface area (Å²) < 4.78 is 13.6. The fourth-order valence-electron chi connectivity index (χ4n) is 2.08. The van der Waals surface area contributed by atoms with Gasteiger partial charge >= 0.3 is 0 Å². The monoisotopic (exact) mass is 282 g/mol. The fourth-order valence-corrected chi connectivity index (χ4v) is 2.08. The van der Waals surface area contributed by atoms with Crippen molar-refractivity contribution in [2.75, 3.05) is 0 Å². The van der Waals surface area contributed by atoms with E-state index in [2.05, 4.69) is 10.2 Å². The summed E-state index contributed by atoms with van der Waals surface area (Å²) in [6, 6.07) is 14.0. The molecular weight excluding hydrogens is 267 g/mol. The largest absolute Gasteiger partial charge is 0.319 e. The van der Waals surface area contributed by atoms with Crippen molar-refractivity contribution in [3.05, 3.63) is 77.4 Å². The summed E-state index contributed by atoms with van der Waals surface area (Å²) in [5.41, 5.74) is 8.87. The zero-order valence-corrected chi connectivity index (χ0v) is 11.6. The van der Waals surface area contributed by atoms with Crippen molar-refractivity contribution >= 4 is 0 Å². The molecule has 2 aromatic carbocycles. The van der Waals surface area contributed by atoms with Crippen molar-refractivity contribution < 1.29 is 4.39 Å². The van der Waals surface area contributed by atoms with Crippen LogP contribution in [0.25, 0.3) is 5.69 Å². The van der Waals surface area contributed by atoms with E-state index in [9.17, 15) is 4.39 Å². The second-order valence-electron chi connectivity index (χ2n) is 4.88. The molecule has 3 aromatic rings. The van der Waals surface area contributed by atoms with Gasteiger partial charge in [0.15, 0.2) is 0 Å². The van der Waals surface area contributed by atoms with Gasteiger partial charge in [0.2, 0.25) is 0 Å². The second-order valence-corrected chi connectivity index (χ2v) is 4.88. The van der Waals surface area contributed by atoms with Crippen molar-refractivity contribution in [1.82, 2.24) is 15.0 Å². The van der Waals surface area contributed by atoms with E-state index >= 15 is 0 Å². The first kappa shape index (κ1) is 13.5. The van der Waals surface area contributed by atoms with Crippen LogP contribution in [0.4, 0.5) is 4.39 Å². The van der Waals surface area contributed by atoms with Crippen LogP contribution in [0, 0.1) is 12.7 Å². The van der Waals surface area contributed by atoms with E-state index in [0.717, 1.165) is 5.69 Å². The van der Waals surface area contributed by atoms with Gasteiger partial charge in [-0.3, -0.25) is 0 Å². The Balaban J connectivity index is 1.90. The molecule has 21 heavy (non-hydrogen) atoms. The number of nitrogens with two attached hydrogens (primary N) is 1. The SMILES string of the molecule is Cc1ccc(C(N)c2cnn(-c3ccccc3)n2)cc1F. The Morgan fingerprint density at radius 3 is 2.62 bits per heavy atom. The summed E-state index contributed by atoms with van der Waals surface area (Å²) in [4.78, 5) is 1.51. The summed E-state index contributed by atoms with van der Waals surface area (Å²) in [6.45, 7) is 1.72. The van der Waals surface area contributed by atoms with Gasteiger partial charge in [0.05, 0.1) is 17.9 Å². The Hall–Kier alpha value is -2.53. The zero-order chi connectivity index (χ0) is 14.8. The maximum absolute atomic E-state index is 13.6. The first-order valence-corrected chi connectivity index (χ1v) is 6.64. The molecule has 1 heterocycles. The molecule has 2 N–H and O–H groups in total. The fraction of sp³-hybridized carbons (Fsp3) is 0.125. The quantitative estimate of drug-likeness (QED) is 0.803. The van der Waals surface area contributed by atoms with Crippen LogP contribution in [0.2, 0.25) is 0 Å². The lowest BCUT2D eigenvalue weighted by atomic mass is 10.0. The summed E-state index contributed by atoms with van der Waals surface area (Å²) in [5.74, 6) is -0.265. The van der Waals surface area contributed by atoms with Crippen LogP contribution < -0.4 is 5.73 Å². The molecular formula is C16H15FN4. The number of aromatic nitrogens is 3. The highest BCUT2D eigenvalue weighted by Crippen LogP contribution is 2.20. The van der Waals surface area contributed by atoms with Gasteiger partial charge in [0.25, 0.3) is 0 Å². The van der Waals surface area contributed by atoms with Gasteiger partial charge in [-0.05, 0) is 36.2 Å². The summed E-state index contributed by atoms with van der Waals surface area (Å²) >= 11 is 0. The number of para-hydroxylation sites is 1. The molecule has 0 radical (unpaired) electrons. The van der Waals surface area contributed by atoms with E-state index in [4.69, 9.17) is 5.73 Å². The minimum Gasteiger partial charge on any atom is -0.319 e. The molecule has 0 saturated heterocycles. The van der Waals surface area contributed by atoms with Crippen molar-refractivity contribution in [2.24, 2.45) is 5.73 Å². The highest BCUT2D eigenvalue weighted by Gasteiger charge is 2.14. The summed E-state index contributed by atoms with van der Waals surface area (Å²) in [6.07, 6.45) is 1.61. The molecule has 0 fully saturated rings. The van der Waals surface area contributed by atoms with Crippen LogP contribution >= 0.6 is 0 Å². The van der Waals surface area contributed by atoms with Crippen LogP contribution in [0.15, 0.2) is 54.7 Å². The van der Waals surface area contributed by atoms with Gasteiger partial charge in [0.1, 0.15) is 11.5 Å². The van der Waals surface area contributed by atoms with Crippen molar-refractivity contribution in [3.8, 4) is 5.69 Å². The van der Waals surface area contributed by atoms with Gasteiger partial charge < -0.3 is 5.73 Å². The zero-order valence-electron chi connectivity index (χ0n) is 11.6. The molecule has 1 aromatic heterocycles. The minimum absolute atomic E-state index is 0.265. The highest BCUT2D eigenvalue weighted by atomic mass is 19.1. The standard InChI is InChI=1S/C16H15FN4/c1-11-7-8-12(9-14(11)17)16(18)15-10-19-21(20-15)13-5-3-2-4-6-13/h2-10,16H,18H2,1H3. The van der Waals surface area contributed by atoms with E-state index in [1.54, 1.807) is 19.2 Å². The number of benzene rings is 2. The molecule has 0 spiro atoms. The number of hydrogen-bond acceptors (Lipinski definition) is 3. The molecule has 0 aliphatic carbocycles. The predicted octanol–water partition coefficient (Wildman–Crippen LogP) is 2.76. The molecule has 0 aliphatic rings. The molecule has 0 saturated carbocycles. The number of halogens is 1. The van der Waals surface area contributed by atoms with Crippen LogP contribution in [0.5, 0.6) is 0 Å². The van der Waals surface area contributed by atoms with Gasteiger partial charge in [-0.2, -0.15) is 15.0 Å². The topological polar surface area (TPSA) is 56.7 Å². The third-order valence-electron chi connectivity index (χ3n) is 3.37. The lowest BCUT2D eigenvalue weighted by molar-refractivity contribution is 0.613. The molecule has 0 aliphatic heterocycles. The first-order chi connectivity index (χ1) is 10.1. The van der Waals surface area contributed by atoms with E-state index in [1.807, 2.05) is 36.4 Å². The summed E-state index contributed by atoms with van der Waals surface area (Å²) in [7, 11) is 0. The Morgan fingerprint density at radius 1 is 1.14 bits per heavy atom. The van der Waals surface area contributed by atoms with Crippen LogP contribution in [0.1, 0.15) is 22.9 Å². The summed E-state index contributed by atoms with van der Waals surface area (Å²) in [5, 5.41) is 8.57. The third-order valence-corrected chi connectivity index (χ3v) is 3.37. The molecule has 0 bridgehead atoms. The normalized spacial score (nSPS) is 12.3. The number of rotatable bonds is 3. The van der Waals surface area contributed by atoms with Gasteiger partial charge in [-0.25, -0.2) is 4.39 Å². The molecule has 0 amide bonds. The Morgan fingerprint density at radius 2 is 1.90 bits per heavy atom. The van der Waals surface area contributed by atoms with Gasteiger partial charge in [0, 0.05) is 0 Å². The average molecular weight is 282 g/mol. The third kappa shape index (κ3) is 2.68. The van der Waals surface area contributed by atoms with E-state index in [0.29, 0.717) is 16.8 Å². The maximum atomic E-state index is 13.6. The van der Waals surface area contributed by atoms with Crippen molar-refractivity contribution in [2.45, 2.75) is 13.0 Å². The van der Waals surface area contributed by atoms with Crippen LogP contribution in [-0.4, -0.2) is 15.0 Å². The van der Waals surface area contributed by atoms with E-state index < -0.39 is 6.04 Å². The predicted molar refractivity (Wildman–Crippen MR) is 78.5 cm³/mol. The van der Waals surface area contributed by atoms with Crippen LogP contribution in [-0.2, 0) is 0 Å². The molecule has 3 rings (SSSR count). The first-order valence-electron chi connectivity index (χ1n) is 6.64. The molecule has 1 atom stereocenters. The maximum Gasteiger partial charge on any atom is 0.126 e. The molecule has 1 unspecified atom stereocenters. The Labute approximate surface area is 122 Å². The van der Waals surface area contributed by atoms with E-state index in [1.165, 1.54) is 10.9 Å². The van der Waals surface area contributed by atoms with Crippen LogP contribution in [0.3, 0.4) is 0 Å². The minimum atomic E-state index is -0.502. The average Bonchev–Trinajstić information content (AvgIpc) is 3.00. The molecule has 4 nitrogen and oxygen atoms in total. The Kier molecular flexibility index (Phi) is 3.50. The highest BCUT2D eigenvalue weighted by molar-refractivity contribution is 5.32. The van der Waals surface area contributed by atoms with Gasteiger partial charge in [-0.15, -0.1) is 0 Å².